The molecule has 0 aliphatic carbocycles. The van der Waals surface area contributed by atoms with Crippen LogP contribution in [0.4, 0.5) is 5.69 Å². The Balaban J connectivity index is 1.51. The van der Waals surface area contributed by atoms with Gasteiger partial charge in [0.15, 0.2) is 0 Å². The highest BCUT2D eigenvalue weighted by Gasteiger charge is 2.29. The van der Waals surface area contributed by atoms with Crippen molar-refractivity contribution in [2.45, 2.75) is 4.90 Å². The zero-order valence-electron chi connectivity index (χ0n) is 12.7. The van der Waals surface area contributed by atoms with Crippen molar-refractivity contribution in [2.75, 3.05) is 31.1 Å². The molecule has 0 bridgehead atoms. The van der Waals surface area contributed by atoms with Crippen LogP contribution in [0.25, 0.3) is 10.9 Å². The zero-order valence-corrected chi connectivity index (χ0v) is 13.6. The van der Waals surface area contributed by atoms with Crippen molar-refractivity contribution >= 4 is 26.6 Å². The van der Waals surface area contributed by atoms with Crippen LogP contribution in [0.1, 0.15) is 0 Å². The van der Waals surface area contributed by atoms with Gasteiger partial charge in [0.25, 0.3) is 0 Å². The number of benzene rings is 1. The lowest BCUT2D eigenvalue weighted by molar-refractivity contribution is 0.383. The van der Waals surface area contributed by atoms with E-state index in [1.54, 1.807) is 6.20 Å². The summed E-state index contributed by atoms with van der Waals surface area (Å²) < 4.78 is 31.0. The Bertz CT molecular complexity index is 950. The number of piperazine rings is 1. The van der Waals surface area contributed by atoms with Crippen LogP contribution in [0.3, 0.4) is 0 Å². The SMILES string of the molecule is O=S(=O)(c1cnoc1)N1CCN(c2ccc3ncncc3c2)CC1. The van der Waals surface area contributed by atoms with Gasteiger partial charge in [0.2, 0.25) is 10.0 Å². The van der Waals surface area contributed by atoms with Crippen LogP contribution in [0.2, 0.25) is 0 Å². The second kappa shape index (κ2) is 5.84. The van der Waals surface area contributed by atoms with E-state index >= 15 is 0 Å². The van der Waals surface area contributed by atoms with Crippen molar-refractivity contribution in [3.05, 3.63) is 43.2 Å². The first kappa shape index (κ1) is 15.0. The first-order valence-electron chi connectivity index (χ1n) is 7.49. The van der Waals surface area contributed by atoms with Gasteiger partial charge in [0.05, 0.1) is 11.7 Å². The third-order valence-corrected chi connectivity index (χ3v) is 5.98. The monoisotopic (exact) mass is 345 g/mol. The van der Waals surface area contributed by atoms with E-state index in [9.17, 15) is 8.42 Å². The van der Waals surface area contributed by atoms with Gasteiger partial charge in [-0.25, -0.2) is 18.4 Å². The van der Waals surface area contributed by atoms with Gasteiger partial charge in [-0.2, -0.15) is 4.31 Å². The second-order valence-corrected chi connectivity index (χ2v) is 7.46. The van der Waals surface area contributed by atoms with Crippen LogP contribution in [0.15, 0.2) is 52.6 Å². The molecule has 0 radical (unpaired) electrons. The average Bonchev–Trinajstić information content (AvgIpc) is 3.17. The molecular weight excluding hydrogens is 330 g/mol. The fourth-order valence-electron chi connectivity index (χ4n) is 2.83. The highest BCUT2D eigenvalue weighted by atomic mass is 32.2. The first-order valence-corrected chi connectivity index (χ1v) is 8.93. The van der Waals surface area contributed by atoms with Crippen LogP contribution in [0.5, 0.6) is 0 Å². The van der Waals surface area contributed by atoms with E-state index in [2.05, 4.69) is 24.5 Å². The van der Waals surface area contributed by atoms with Crippen molar-refractivity contribution in [3.63, 3.8) is 0 Å². The second-order valence-electron chi connectivity index (χ2n) is 5.52. The predicted molar refractivity (Wildman–Crippen MR) is 87.0 cm³/mol. The summed E-state index contributed by atoms with van der Waals surface area (Å²) in [7, 11) is -3.53. The fraction of sp³-hybridized carbons (Fsp3) is 0.267. The van der Waals surface area contributed by atoms with Crippen LogP contribution in [0, 0.1) is 0 Å². The van der Waals surface area contributed by atoms with Crippen LogP contribution < -0.4 is 4.90 Å². The Labute approximate surface area is 138 Å². The highest BCUT2D eigenvalue weighted by Crippen LogP contribution is 2.23. The summed E-state index contributed by atoms with van der Waals surface area (Å²) in [6.45, 7) is 2.06. The Hall–Kier alpha value is -2.52. The van der Waals surface area contributed by atoms with Crippen LogP contribution in [-0.2, 0) is 10.0 Å². The van der Waals surface area contributed by atoms with Gasteiger partial charge in [-0.1, -0.05) is 5.16 Å². The zero-order chi connectivity index (χ0) is 16.6. The van der Waals surface area contributed by atoms with E-state index in [0.29, 0.717) is 26.2 Å². The van der Waals surface area contributed by atoms with Gasteiger partial charge in [0, 0.05) is 43.4 Å². The van der Waals surface area contributed by atoms with Crippen molar-refractivity contribution in [3.8, 4) is 0 Å². The number of nitrogens with zero attached hydrogens (tertiary/aromatic N) is 5. The van der Waals surface area contributed by atoms with E-state index in [1.165, 1.54) is 16.8 Å². The quantitative estimate of drug-likeness (QED) is 0.702. The number of sulfonamides is 1. The van der Waals surface area contributed by atoms with E-state index in [4.69, 9.17) is 0 Å². The standard InChI is InChI=1S/C15H15N5O3S/c21-24(22,14-9-18-23-10-14)20-5-3-19(4-6-20)13-1-2-15-12(7-13)8-16-11-17-15/h1-2,7-11H,3-6H2. The molecule has 4 rings (SSSR count). The molecule has 2 aromatic heterocycles. The molecule has 0 unspecified atom stereocenters. The maximum absolute atomic E-state index is 12.5. The smallest absolute Gasteiger partial charge is 0.248 e. The minimum Gasteiger partial charge on any atom is -0.369 e. The Morgan fingerprint density at radius 2 is 1.92 bits per heavy atom. The molecule has 0 spiro atoms. The van der Waals surface area contributed by atoms with Gasteiger partial charge in [0.1, 0.15) is 17.5 Å². The lowest BCUT2D eigenvalue weighted by atomic mass is 10.2. The Kier molecular flexibility index (Phi) is 3.66. The van der Waals surface area contributed by atoms with Crippen molar-refractivity contribution < 1.29 is 12.9 Å². The molecule has 8 nitrogen and oxygen atoms in total. The van der Waals surface area contributed by atoms with Gasteiger partial charge in [-0.3, -0.25) is 0 Å². The number of anilines is 1. The average molecular weight is 345 g/mol. The highest BCUT2D eigenvalue weighted by molar-refractivity contribution is 7.89. The lowest BCUT2D eigenvalue weighted by Gasteiger charge is -2.35. The number of fused-ring (bicyclic) bond motifs is 1. The molecule has 3 aromatic rings. The molecule has 9 heteroatoms. The summed E-state index contributed by atoms with van der Waals surface area (Å²) in [6, 6.07) is 5.98. The van der Waals surface area contributed by atoms with Gasteiger partial charge in [-0.05, 0) is 18.2 Å². The topological polar surface area (TPSA) is 92.4 Å². The van der Waals surface area contributed by atoms with Crippen molar-refractivity contribution in [2.24, 2.45) is 0 Å². The van der Waals surface area contributed by atoms with Gasteiger partial charge >= 0.3 is 0 Å². The fourth-order valence-corrected chi connectivity index (χ4v) is 4.11. The minimum atomic E-state index is -3.53. The molecule has 0 saturated carbocycles. The van der Waals surface area contributed by atoms with E-state index in [0.717, 1.165) is 22.9 Å². The number of aromatic nitrogens is 3. The van der Waals surface area contributed by atoms with E-state index in [-0.39, 0.29) is 4.90 Å². The van der Waals surface area contributed by atoms with Gasteiger partial charge < -0.3 is 9.42 Å². The van der Waals surface area contributed by atoms with Crippen molar-refractivity contribution in [1.82, 2.24) is 19.4 Å². The van der Waals surface area contributed by atoms with Crippen LogP contribution >= 0.6 is 0 Å². The number of rotatable bonds is 3. The largest absolute Gasteiger partial charge is 0.369 e. The third-order valence-electron chi connectivity index (χ3n) is 4.14. The molecule has 1 aromatic carbocycles. The summed E-state index contributed by atoms with van der Waals surface area (Å²) in [4.78, 5) is 10.5. The normalized spacial score (nSPS) is 16.6. The molecule has 1 aliphatic heterocycles. The predicted octanol–water partition coefficient (Wildman–Crippen LogP) is 1.13. The molecule has 24 heavy (non-hydrogen) atoms. The summed E-state index contributed by atoms with van der Waals surface area (Å²) in [5.74, 6) is 0. The molecule has 1 fully saturated rings. The van der Waals surface area contributed by atoms with Gasteiger partial charge in [-0.15, -0.1) is 0 Å². The van der Waals surface area contributed by atoms with Crippen molar-refractivity contribution in [1.29, 1.82) is 0 Å². The van der Waals surface area contributed by atoms with E-state index in [1.807, 2.05) is 18.2 Å². The summed E-state index contributed by atoms with van der Waals surface area (Å²) in [5, 5.41) is 4.44. The third kappa shape index (κ3) is 2.61. The summed E-state index contributed by atoms with van der Waals surface area (Å²) in [6.07, 6.45) is 5.69. The molecule has 1 saturated heterocycles. The van der Waals surface area contributed by atoms with Crippen LogP contribution in [-0.4, -0.2) is 54.0 Å². The maximum Gasteiger partial charge on any atom is 0.248 e. The Morgan fingerprint density at radius 1 is 1.08 bits per heavy atom. The summed E-state index contributed by atoms with van der Waals surface area (Å²) >= 11 is 0. The number of hydrogen-bond donors (Lipinski definition) is 0. The first-order chi connectivity index (χ1) is 11.6. The Morgan fingerprint density at radius 3 is 2.67 bits per heavy atom. The molecule has 0 amide bonds. The number of hydrogen-bond acceptors (Lipinski definition) is 7. The molecular formula is C15H15N5O3S. The molecule has 0 N–H and O–H groups in total. The molecule has 0 atom stereocenters. The molecule has 124 valence electrons. The lowest BCUT2D eigenvalue weighted by Crippen LogP contribution is -2.48. The maximum atomic E-state index is 12.5. The summed E-state index contributed by atoms with van der Waals surface area (Å²) in [5.41, 5.74) is 1.93. The molecule has 3 heterocycles. The minimum absolute atomic E-state index is 0.0961. The molecule has 1 aliphatic rings. The van der Waals surface area contributed by atoms with E-state index < -0.39 is 10.0 Å².